The van der Waals surface area contributed by atoms with Crippen molar-refractivity contribution in [1.29, 1.82) is 0 Å². The van der Waals surface area contributed by atoms with Crippen LogP contribution in [0.1, 0.15) is 117 Å². The molecule has 2 atom stereocenters. The topological polar surface area (TPSA) is 37.4 Å². The summed E-state index contributed by atoms with van der Waals surface area (Å²) < 4.78 is 0. The highest BCUT2D eigenvalue weighted by molar-refractivity contribution is 6.02. The summed E-state index contributed by atoms with van der Waals surface area (Å²) in [6.45, 7) is 6.62. The zero-order valence-corrected chi connectivity index (χ0v) is 18.2. The van der Waals surface area contributed by atoms with Gasteiger partial charge in [-0.05, 0) is 31.6 Å². The second-order valence-corrected chi connectivity index (χ2v) is 8.31. The average Bonchev–Trinajstić information content (AvgIpc) is 2.99. The molecule has 27 heavy (non-hydrogen) atoms. The van der Waals surface area contributed by atoms with Crippen LogP contribution in [0.2, 0.25) is 0 Å². The lowest BCUT2D eigenvalue weighted by atomic mass is 9.92. The van der Waals surface area contributed by atoms with Crippen LogP contribution in [0.4, 0.5) is 0 Å². The third kappa shape index (κ3) is 9.58. The van der Waals surface area contributed by atoms with Crippen molar-refractivity contribution in [2.24, 2.45) is 5.92 Å². The molecule has 3 heteroatoms. The van der Waals surface area contributed by atoms with E-state index in [2.05, 4.69) is 32.9 Å². The van der Waals surface area contributed by atoms with Crippen LogP contribution in [0.15, 0.2) is 12.2 Å². The van der Waals surface area contributed by atoms with E-state index in [1.807, 2.05) is 0 Å². The van der Waals surface area contributed by atoms with Gasteiger partial charge in [0.05, 0.1) is 0 Å². The third-order valence-electron chi connectivity index (χ3n) is 5.83. The van der Waals surface area contributed by atoms with Crippen LogP contribution in [0.3, 0.4) is 0 Å². The maximum absolute atomic E-state index is 12.1. The minimum absolute atomic E-state index is 0.0378. The predicted octanol–water partition coefficient (Wildman–Crippen LogP) is 6.81. The fraction of sp³-hybridized carbons (Fsp3) is 0.833. The summed E-state index contributed by atoms with van der Waals surface area (Å²) in [5.74, 6) is 0.420. The summed E-state index contributed by atoms with van der Waals surface area (Å²) >= 11 is 0. The normalized spacial score (nSPS) is 17.2. The van der Waals surface area contributed by atoms with E-state index in [0.29, 0.717) is 18.8 Å². The van der Waals surface area contributed by atoms with E-state index in [1.165, 1.54) is 51.4 Å². The quantitative estimate of drug-likeness (QED) is 0.168. The van der Waals surface area contributed by atoms with Crippen molar-refractivity contribution in [2.45, 2.75) is 123 Å². The molecule has 156 valence electrons. The molecular formula is C24H43NO2. The zero-order valence-electron chi connectivity index (χ0n) is 18.2. The molecule has 0 aromatic rings. The molecular weight excluding hydrogens is 334 g/mol. The van der Waals surface area contributed by atoms with Crippen molar-refractivity contribution in [1.82, 2.24) is 4.90 Å². The van der Waals surface area contributed by atoms with Crippen molar-refractivity contribution >= 4 is 11.8 Å². The van der Waals surface area contributed by atoms with Crippen molar-refractivity contribution in [3.8, 4) is 0 Å². The number of hydrogen-bond donors (Lipinski definition) is 0. The van der Waals surface area contributed by atoms with Gasteiger partial charge in [0.1, 0.15) is 0 Å². The Kier molecular flexibility index (Phi) is 13.2. The molecule has 0 aromatic heterocycles. The molecule has 1 aliphatic heterocycles. The Bertz CT molecular complexity index is 428. The number of rotatable bonds is 16. The van der Waals surface area contributed by atoms with Gasteiger partial charge in [0.15, 0.2) is 0 Å². The van der Waals surface area contributed by atoms with Crippen LogP contribution in [-0.2, 0) is 9.59 Å². The molecule has 1 aliphatic rings. The first-order valence-corrected chi connectivity index (χ1v) is 11.6. The number of carbonyl (C=O) groups is 2. The molecule has 0 spiro atoms. The molecule has 3 nitrogen and oxygen atoms in total. The van der Waals surface area contributed by atoms with Gasteiger partial charge in [-0.3, -0.25) is 14.5 Å². The highest BCUT2D eigenvalue weighted by Gasteiger charge is 2.36. The Hall–Kier alpha value is -1.12. The molecule has 2 unspecified atom stereocenters. The second kappa shape index (κ2) is 14.9. The monoisotopic (exact) mass is 377 g/mol. The molecule has 2 amide bonds. The average molecular weight is 378 g/mol. The summed E-state index contributed by atoms with van der Waals surface area (Å²) in [4.78, 5) is 25.9. The predicted molar refractivity (Wildman–Crippen MR) is 115 cm³/mol. The lowest BCUT2D eigenvalue weighted by Crippen LogP contribution is -2.43. The Balaban J connectivity index is 2.26. The standard InChI is InChI=1S/C24H43NO2/c1-4-6-8-9-10-11-12-13-14-15-16-17-21(3)22(18-7-5-2)25-23(26)19-20-24(25)27/h15-16,21-22H,4-14,17-20H2,1-3H3. The zero-order chi connectivity index (χ0) is 19.9. The minimum atomic E-state index is 0.0378. The molecule has 1 fully saturated rings. The summed E-state index contributed by atoms with van der Waals surface area (Å²) in [6, 6.07) is 0.0835. The van der Waals surface area contributed by atoms with E-state index in [4.69, 9.17) is 0 Å². The number of likely N-dealkylation sites (tertiary alicyclic amines) is 1. The van der Waals surface area contributed by atoms with Gasteiger partial charge in [-0.1, -0.05) is 90.7 Å². The SMILES string of the molecule is CCCCCCCCCCC=CCC(C)C(CCCC)N1C(=O)CCC1=O. The number of unbranched alkanes of at least 4 members (excludes halogenated alkanes) is 9. The minimum Gasteiger partial charge on any atom is -0.279 e. The third-order valence-corrected chi connectivity index (χ3v) is 5.83. The Labute approximate surface area is 168 Å². The van der Waals surface area contributed by atoms with Gasteiger partial charge in [-0.2, -0.15) is 0 Å². The van der Waals surface area contributed by atoms with Gasteiger partial charge >= 0.3 is 0 Å². The van der Waals surface area contributed by atoms with Crippen molar-refractivity contribution in [3.05, 3.63) is 12.2 Å². The molecule has 1 rings (SSSR count). The molecule has 0 N–H and O–H groups in total. The highest BCUT2D eigenvalue weighted by atomic mass is 16.2. The number of imide groups is 1. The summed E-state index contributed by atoms with van der Waals surface area (Å²) in [6.07, 6.45) is 21.5. The van der Waals surface area contributed by atoms with Gasteiger partial charge in [-0.25, -0.2) is 0 Å². The van der Waals surface area contributed by atoms with Crippen LogP contribution in [0.5, 0.6) is 0 Å². The van der Waals surface area contributed by atoms with Crippen LogP contribution in [-0.4, -0.2) is 22.8 Å². The molecule has 0 saturated carbocycles. The molecule has 1 heterocycles. The Morgan fingerprint density at radius 1 is 0.815 bits per heavy atom. The maximum atomic E-state index is 12.1. The van der Waals surface area contributed by atoms with Gasteiger partial charge in [0.2, 0.25) is 11.8 Å². The Morgan fingerprint density at radius 2 is 1.37 bits per heavy atom. The van der Waals surface area contributed by atoms with E-state index in [-0.39, 0.29) is 17.9 Å². The largest absolute Gasteiger partial charge is 0.279 e. The van der Waals surface area contributed by atoms with Crippen molar-refractivity contribution in [3.63, 3.8) is 0 Å². The van der Waals surface area contributed by atoms with Gasteiger partial charge in [0, 0.05) is 18.9 Å². The summed E-state index contributed by atoms with van der Waals surface area (Å²) in [5, 5.41) is 0. The van der Waals surface area contributed by atoms with Crippen molar-refractivity contribution < 1.29 is 9.59 Å². The fourth-order valence-corrected chi connectivity index (χ4v) is 4.03. The molecule has 0 aliphatic carbocycles. The van der Waals surface area contributed by atoms with E-state index in [1.54, 1.807) is 4.90 Å². The maximum Gasteiger partial charge on any atom is 0.229 e. The highest BCUT2D eigenvalue weighted by Crippen LogP contribution is 2.26. The first-order chi connectivity index (χ1) is 13.1. The van der Waals surface area contributed by atoms with E-state index in [9.17, 15) is 9.59 Å². The number of allylic oxidation sites excluding steroid dienone is 2. The molecule has 1 saturated heterocycles. The summed E-state index contributed by atoms with van der Waals surface area (Å²) in [5.41, 5.74) is 0. The lowest BCUT2D eigenvalue weighted by Gasteiger charge is -2.31. The first kappa shape index (κ1) is 23.9. The second-order valence-electron chi connectivity index (χ2n) is 8.31. The number of nitrogens with zero attached hydrogens (tertiary/aromatic N) is 1. The van der Waals surface area contributed by atoms with Gasteiger partial charge < -0.3 is 0 Å². The van der Waals surface area contributed by atoms with Crippen molar-refractivity contribution in [2.75, 3.05) is 0 Å². The van der Waals surface area contributed by atoms with Gasteiger partial charge in [-0.15, -0.1) is 0 Å². The smallest absolute Gasteiger partial charge is 0.229 e. The van der Waals surface area contributed by atoms with Gasteiger partial charge in [0.25, 0.3) is 0 Å². The fourth-order valence-electron chi connectivity index (χ4n) is 4.03. The summed E-state index contributed by atoms with van der Waals surface area (Å²) in [7, 11) is 0. The number of amides is 2. The van der Waals surface area contributed by atoms with Crippen LogP contribution in [0, 0.1) is 5.92 Å². The van der Waals surface area contributed by atoms with Crippen LogP contribution < -0.4 is 0 Å². The number of hydrogen-bond acceptors (Lipinski definition) is 2. The molecule has 0 aromatic carbocycles. The van der Waals surface area contributed by atoms with Crippen LogP contribution >= 0.6 is 0 Å². The Morgan fingerprint density at radius 3 is 1.96 bits per heavy atom. The first-order valence-electron chi connectivity index (χ1n) is 11.6. The number of carbonyl (C=O) groups excluding carboxylic acids is 2. The van der Waals surface area contributed by atoms with E-state index < -0.39 is 0 Å². The van der Waals surface area contributed by atoms with Crippen LogP contribution in [0.25, 0.3) is 0 Å². The van der Waals surface area contributed by atoms with E-state index in [0.717, 1.165) is 32.1 Å². The molecule has 0 bridgehead atoms. The lowest BCUT2D eigenvalue weighted by molar-refractivity contribution is -0.142. The molecule has 0 radical (unpaired) electrons. The van der Waals surface area contributed by atoms with E-state index >= 15 is 0 Å².